The van der Waals surface area contributed by atoms with Crippen molar-refractivity contribution < 1.29 is 5.11 Å². The number of hydrogen-bond acceptors (Lipinski definition) is 4. The molecule has 2 rings (SSSR count). The highest BCUT2D eigenvalue weighted by atomic mass is 32.1. The lowest BCUT2D eigenvalue weighted by molar-refractivity contribution is 0.266. The molecule has 0 amide bonds. The fourth-order valence-electron chi connectivity index (χ4n) is 2.37. The SMILES string of the molecule is CN(C)C1CCN(Cc2sccc2C#CCCO)C1. The van der Waals surface area contributed by atoms with Gasteiger partial charge in [0, 0.05) is 42.5 Å². The summed E-state index contributed by atoms with van der Waals surface area (Å²) in [6.45, 7) is 3.47. The highest BCUT2D eigenvalue weighted by Crippen LogP contribution is 2.22. The molecular weight excluding hydrogens is 256 g/mol. The fraction of sp³-hybridized carbons (Fsp3) is 0.600. The number of thiophene rings is 1. The van der Waals surface area contributed by atoms with Crippen LogP contribution >= 0.6 is 11.3 Å². The molecule has 104 valence electrons. The Morgan fingerprint density at radius 3 is 3.05 bits per heavy atom. The monoisotopic (exact) mass is 278 g/mol. The Morgan fingerprint density at radius 2 is 2.37 bits per heavy atom. The van der Waals surface area contributed by atoms with E-state index in [9.17, 15) is 0 Å². The van der Waals surface area contributed by atoms with E-state index in [2.05, 4.69) is 47.2 Å². The Labute approximate surface area is 119 Å². The first kappa shape index (κ1) is 14.5. The molecule has 3 nitrogen and oxygen atoms in total. The third kappa shape index (κ3) is 4.05. The minimum Gasteiger partial charge on any atom is -0.395 e. The van der Waals surface area contributed by atoms with Crippen molar-refractivity contribution in [2.24, 2.45) is 0 Å². The predicted molar refractivity (Wildman–Crippen MR) is 80.3 cm³/mol. The van der Waals surface area contributed by atoms with Crippen LogP contribution in [0.3, 0.4) is 0 Å². The molecular formula is C15H22N2OS. The van der Waals surface area contributed by atoms with Crippen molar-refractivity contribution in [3.05, 3.63) is 21.9 Å². The van der Waals surface area contributed by atoms with Crippen LogP contribution in [-0.4, -0.2) is 54.7 Å². The van der Waals surface area contributed by atoms with Gasteiger partial charge in [0.1, 0.15) is 0 Å². The third-order valence-electron chi connectivity index (χ3n) is 3.55. The molecule has 1 fully saturated rings. The summed E-state index contributed by atoms with van der Waals surface area (Å²) in [5.74, 6) is 6.18. The molecule has 1 atom stereocenters. The van der Waals surface area contributed by atoms with Crippen LogP contribution in [0, 0.1) is 11.8 Å². The van der Waals surface area contributed by atoms with Crippen molar-refractivity contribution in [3.8, 4) is 11.8 Å². The average molecular weight is 278 g/mol. The van der Waals surface area contributed by atoms with Gasteiger partial charge in [0.25, 0.3) is 0 Å². The second kappa shape index (κ2) is 7.06. The molecule has 0 radical (unpaired) electrons. The van der Waals surface area contributed by atoms with Gasteiger partial charge in [0.2, 0.25) is 0 Å². The third-order valence-corrected chi connectivity index (χ3v) is 4.46. The number of rotatable bonds is 4. The topological polar surface area (TPSA) is 26.7 Å². The summed E-state index contributed by atoms with van der Waals surface area (Å²) < 4.78 is 0. The van der Waals surface area contributed by atoms with E-state index >= 15 is 0 Å². The second-order valence-electron chi connectivity index (χ2n) is 5.17. The Kier molecular flexibility index (Phi) is 5.41. The van der Waals surface area contributed by atoms with Crippen molar-refractivity contribution in [2.45, 2.75) is 25.4 Å². The van der Waals surface area contributed by atoms with Crippen LogP contribution < -0.4 is 0 Å². The number of hydrogen-bond donors (Lipinski definition) is 1. The molecule has 1 aliphatic heterocycles. The van der Waals surface area contributed by atoms with Crippen LogP contribution in [0.15, 0.2) is 11.4 Å². The van der Waals surface area contributed by atoms with Crippen molar-refractivity contribution in [1.82, 2.24) is 9.80 Å². The number of aliphatic hydroxyl groups is 1. The van der Waals surface area contributed by atoms with E-state index in [1.807, 2.05) is 0 Å². The van der Waals surface area contributed by atoms with Crippen molar-refractivity contribution in [2.75, 3.05) is 33.8 Å². The van der Waals surface area contributed by atoms with Gasteiger partial charge in [-0.25, -0.2) is 0 Å². The van der Waals surface area contributed by atoms with Crippen molar-refractivity contribution in [3.63, 3.8) is 0 Å². The molecule has 0 spiro atoms. The molecule has 1 aromatic heterocycles. The average Bonchev–Trinajstić information content (AvgIpc) is 3.00. The van der Waals surface area contributed by atoms with Gasteiger partial charge in [-0.1, -0.05) is 11.8 Å². The number of likely N-dealkylation sites (tertiary alicyclic amines) is 1. The van der Waals surface area contributed by atoms with Gasteiger partial charge in [-0.2, -0.15) is 0 Å². The first-order chi connectivity index (χ1) is 9.20. The molecule has 0 aromatic carbocycles. The van der Waals surface area contributed by atoms with E-state index in [1.54, 1.807) is 11.3 Å². The van der Waals surface area contributed by atoms with Gasteiger partial charge < -0.3 is 10.0 Å². The summed E-state index contributed by atoms with van der Waals surface area (Å²) in [5, 5.41) is 10.9. The van der Waals surface area contributed by atoms with Gasteiger partial charge in [-0.05, 0) is 32.0 Å². The predicted octanol–water partition coefficient (Wildman–Crippen LogP) is 1.62. The molecule has 1 saturated heterocycles. The maximum Gasteiger partial charge on any atom is 0.0540 e. The lowest BCUT2D eigenvalue weighted by atomic mass is 10.2. The maximum atomic E-state index is 8.76. The molecule has 19 heavy (non-hydrogen) atoms. The molecule has 0 bridgehead atoms. The lowest BCUT2D eigenvalue weighted by Crippen LogP contribution is -2.31. The quantitative estimate of drug-likeness (QED) is 0.848. The molecule has 2 heterocycles. The number of likely N-dealkylation sites (N-methyl/N-ethyl adjacent to an activating group) is 1. The van der Waals surface area contributed by atoms with E-state index in [0.29, 0.717) is 12.5 Å². The molecule has 0 saturated carbocycles. The van der Waals surface area contributed by atoms with E-state index in [-0.39, 0.29) is 6.61 Å². The summed E-state index contributed by atoms with van der Waals surface area (Å²) in [7, 11) is 4.32. The van der Waals surface area contributed by atoms with Crippen LogP contribution in [0.25, 0.3) is 0 Å². The summed E-state index contributed by atoms with van der Waals surface area (Å²) >= 11 is 1.78. The first-order valence-corrected chi connectivity index (χ1v) is 7.63. The van der Waals surface area contributed by atoms with Crippen molar-refractivity contribution >= 4 is 11.3 Å². The van der Waals surface area contributed by atoms with E-state index in [0.717, 1.165) is 18.7 Å². The standard InChI is InChI=1S/C15H22N2OS/c1-16(2)14-6-8-17(11-14)12-15-13(7-10-19-15)5-3-4-9-18/h7,10,14,18H,4,6,8-9,11-12H2,1-2H3. The fourth-order valence-corrected chi connectivity index (χ4v) is 3.24. The lowest BCUT2D eigenvalue weighted by Gasteiger charge is -2.20. The number of nitrogens with zero attached hydrogens (tertiary/aromatic N) is 2. The molecule has 1 aliphatic rings. The van der Waals surface area contributed by atoms with Crippen LogP contribution in [0.2, 0.25) is 0 Å². The van der Waals surface area contributed by atoms with E-state index in [1.165, 1.54) is 17.8 Å². The highest BCUT2D eigenvalue weighted by molar-refractivity contribution is 7.10. The van der Waals surface area contributed by atoms with Gasteiger partial charge >= 0.3 is 0 Å². The van der Waals surface area contributed by atoms with E-state index < -0.39 is 0 Å². The van der Waals surface area contributed by atoms with Crippen LogP contribution in [0.5, 0.6) is 0 Å². The molecule has 1 N–H and O–H groups in total. The van der Waals surface area contributed by atoms with Crippen LogP contribution in [-0.2, 0) is 6.54 Å². The number of aliphatic hydroxyl groups excluding tert-OH is 1. The largest absolute Gasteiger partial charge is 0.395 e. The summed E-state index contributed by atoms with van der Waals surface area (Å²) in [6, 6.07) is 2.77. The highest BCUT2D eigenvalue weighted by Gasteiger charge is 2.24. The summed E-state index contributed by atoms with van der Waals surface area (Å²) in [5.41, 5.74) is 1.13. The Bertz CT molecular complexity index is 458. The zero-order valence-electron chi connectivity index (χ0n) is 11.7. The van der Waals surface area contributed by atoms with E-state index in [4.69, 9.17) is 5.11 Å². The molecule has 0 aliphatic carbocycles. The Balaban J connectivity index is 1.94. The minimum absolute atomic E-state index is 0.142. The second-order valence-corrected chi connectivity index (χ2v) is 6.17. The normalized spacial score (nSPS) is 19.7. The minimum atomic E-state index is 0.142. The van der Waals surface area contributed by atoms with Gasteiger partial charge in [0.05, 0.1) is 6.61 Å². The maximum absolute atomic E-state index is 8.76. The summed E-state index contributed by atoms with van der Waals surface area (Å²) in [6.07, 6.45) is 1.81. The van der Waals surface area contributed by atoms with Crippen LogP contribution in [0.1, 0.15) is 23.3 Å². The first-order valence-electron chi connectivity index (χ1n) is 6.75. The molecule has 1 unspecified atom stereocenters. The molecule has 4 heteroatoms. The van der Waals surface area contributed by atoms with Crippen LogP contribution in [0.4, 0.5) is 0 Å². The van der Waals surface area contributed by atoms with Gasteiger partial charge in [0.15, 0.2) is 0 Å². The zero-order valence-corrected chi connectivity index (χ0v) is 12.5. The van der Waals surface area contributed by atoms with Crippen molar-refractivity contribution in [1.29, 1.82) is 0 Å². The molecule has 1 aromatic rings. The smallest absolute Gasteiger partial charge is 0.0540 e. The summed E-state index contributed by atoms with van der Waals surface area (Å²) in [4.78, 5) is 6.18. The zero-order chi connectivity index (χ0) is 13.7. The Hall–Kier alpha value is -0.860. The van der Waals surface area contributed by atoms with Gasteiger partial charge in [-0.15, -0.1) is 11.3 Å². The van der Waals surface area contributed by atoms with Gasteiger partial charge in [-0.3, -0.25) is 4.90 Å². The Morgan fingerprint density at radius 1 is 1.53 bits per heavy atom.